The molecule has 1 aliphatic heterocycles. The lowest BCUT2D eigenvalue weighted by Gasteiger charge is -2.32. The smallest absolute Gasteiger partial charge is 0.234 e. The summed E-state index contributed by atoms with van der Waals surface area (Å²) in [6.07, 6.45) is 2.06. The number of pyridine rings is 1. The summed E-state index contributed by atoms with van der Waals surface area (Å²) in [5.41, 5.74) is 1.000. The molecule has 2 N–H and O–H groups in total. The van der Waals surface area contributed by atoms with Gasteiger partial charge in [-0.3, -0.25) is 4.79 Å². The zero-order chi connectivity index (χ0) is 14.4. The van der Waals surface area contributed by atoms with Crippen LogP contribution < -0.4 is 15.5 Å². The van der Waals surface area contributed by atoms with E-state index in [2.05, 4.69) is 27.4 Å². The van der Waals surface area contributed by atoms with Gasteiger partial charge in [0.25, 0.3) is 0 Å². The fraction of sp³-hybridized carbons (Fsp3) is 0.571. The van der Waals surface area contributed by atoms with Crippen LogP contribution in [0.3, 0.4) is 0 Å². The van der Waals surface area contributed by atoms with Gasteiger partial charge in [0.2, 0.25) is 5.91 Å². The maximum Gasteiger partial charge on any atom is 0.234 e. The van der Waals surface area contributed by atoms with Gasteiger partial charge in [0, 0.05) is 25.8 Å². The molecule has 2 rings (SSSR count). The second-order valence-corrected chi connectivity index (χ2v) is 4.96. The average molecular weight is 315 g/mol. The molecule has 0 aromatic carbocycles. The van der Waals surface area contributed by atoms with Crippen LogP contribution in [0, 0.1) is 0 Å². The topological polar surface area (TPSA) is 66.5 Å². The Morgan fingerprint density at radius 2 is 2.33 bits per heavy atom. The van der Waals surface area contributed by atoms with Crippen LogP contribution in [0.25, 0.3) is 0 Å². The molecular formula is C14H23ClN4O2. The van der Waals surface area contributed by atoms with Crippen LogP contribution >= 0.6 is 12.4 Å². The van der Waals surface area contributed by atoms with Crippen LogP contribution in [-0.2, 0) is 16.1 Å². The molecule has 0 spiro atoms. The van der Waals surface area contributed by atoms with Crippen molar-refractivity contribution < 1.29 is 9.53 Å². The average Bonchev–Trinajstić information content (AvgIpc) is 2.46. The molecule has 1 saturated heterocycles. The summed E-state index contributed by atoms with van der Waals surface area (Å²) in [7, 11) is 1.75. The van der Waals surface area contributed by atoms with Crippen LogP contribution in [0.5, 0.6) is 0 Å². The van der Waals surface area contributed by atoms with E-state index < -0.39 is 0 Å². The van der Waals surface area contributed by atoms with Gasteiger partial charge >= 0.3 is 0 Å². The minimum atomic E-state index is -0.0152. The monoisotopic (exact) mass is 314 g/mol. The number of nitrogens with zero attached hydrogens (tertiary/aromatic N) is 2. The quantitative estimate of drug-likeness (QED) is 0.831. The highest BCUT2D eigenvalue weighted by Crippen LogP contribution is 2.15. The van der Waals surface area contributed by atoms with Crippen molar-refractivity contribution in [2.75, 3.05) is 38.2 Å². The highest BCUT2D eigenvalue weighted by molar-refractivity contribution is 5.85. The Morgan fingerprint density at radius 3 is 2.95 bits per heavy atom. The second-order valence-electron chi connectivity index (χ2n) is 4.96. The summed E-state index contributed by atoms with van der Waals surface area (Å²) in [6, 6.07) is 4.00. The Hall–Kier alpha value is -1.37. The highest BCUT2D eigenvalue weighted by atomic mass is 35.5. The molecule has 0 saturated carbocycles. The van der Waals surface area contributed by atoms with Crippen LogP contribution in [0.4, 0.5) is 5.82 Å². The summed E-state index contributed by atoms with van der Waals surface area (Å²) < 4.78 is 5.52. The zero-order valence-corrected chi connectivity index (χ0v) is 13.3. The van der Waals surface area contributed by atoms with Gasteiger partial charge < -0.3 is 20.3 Å². The molecule has 118 valence electrons. The van der Waals surface area contributed by atoms with Crippen molar-refractivity contribution in [1.29, 1.82) is 0 Å². The number of ether oxygens (including phenoxy) is 1. The first kappa shape index (κ1) is 17.7. The van der Waals surface area contributed by atoms with Gasteiger partial charge in [-0.15, -0.1) is 12.4 Å². The molecule has 0 bridgehead atoms. The van der Waals surface area contributed by atoms with Gasteiger partial charge in [0.15, 0.2) is 0 Å². The van der Waals surface area contributed by atoms with E-state index in [1.165, 1.54) is 0 Å². The summed E-state index contributed by atoms with van der Waals surface area (Å²) in [5, 5.41) is 5.64. The molecular weight excluding hydrogens is 292 g/mol. The maximum atomic E-state index is 11.4. The number of likely N-dealkylation sites (N-methyl/N-ethyl adjacent to an activating group) is 1. The maximum absolute atomic E-state index is 11.4. The van der Waals surface area contributed by atoms with Gasteiger partial charge in [-0.1, -0.05) is 6.07 Å². The molecule has 21 heavy (non-hydrogen) atoms. The van der Waals surface area contributed by atoms with Crippen molar-refractivity contribution in [3.8, 4) is 0 Å². The Bertz CT molecular complexity index is 441. The van der Waals surface area contributed by atoms with Crippen LogP contribution in [-0.4, -0.2) is 50.3 Å². The standard InChI is InChI=1S/C14H22N4O2.ClH/c1-11-10-18(5-6-20-11)13-4-3-12(7-16-13)8-17-14(19)9-15-2;/h3-4,7,11,15H,5-6,8-10H2,1-2H3,(H,17,19);1H. The minimum absolute atomic E-state index is 0. The normalized spacial score (nSPS) is 18.0. The Morgan fingerprint density at radius 1 is 1.52 bits per heavy atom. The Labute approximate surface area is 131 Å². The predicted molar refractivity (Wildman–Crippen MR) is 84.9 cm³/mol. The largest absolute Gasteiger partial charge is 0.375 e. The lowest BCUT2D eigenvalue weighted by Crippen LogP contribution is -2.41. The van der Waals surface area contributed by atoms with E-state index in [1.54, 1.807) is 7.05 Å². The van der Waals surface area contributed by atoms with Gasteiger partial charge in [-0.2, -0.15) is 0 Å². The number of hydrogen-bond donors (Lipinski definition) is 2. The lowest BCUT2D eigenvalue weighted by atomic mass is 10.2. The number of halogens is 1. The number of hydrogen-bond acceptors (Lipinski definition) is 5. The van der Waals surface area contributed by atoms with Crippen LogP contribution in [0.15, 0.2) is 18.3 Å². The number of nitrogens with one attached hydrogen (secondary N) is 2. The van der Waals surface area contributed by atoms with E-state index in [0.29, 0.717) is 13.1 Å². The number of aromatic nitrogens is 1. The fourth-order valence-corrected chi connectivity index (χ4v) is 2.16. The molecule has 6 nitrogen and oxygen atoms in total. The summed E-state index contributed by atoms with van der Waals surface area (Å²) >= 11 is 0. The number of amides is 1. The van der Waals surface area contributed by atoms with Gasteiger partial charge in [-0.25, -0.2) is 4.98 Å². The third-order valence-corrected chi connectivity index (χ3v) is 3.20. The Kier molecular flexibility index (Phi) is 7.42. The molecule has 1 atom stereocenters. The molecule has 2 heterocycles. The number of carbonyl (C=O) groups excluding carboxylic acids is 1. The van der Waals surface area contributed by atoms with Crippen LogP contribution in [0.1, 0.15) is 12.5 Å². The third-order valence-electron chi connectivity index (χ3n) is 3.20. The SMILES string of the molecule is CNCC(=O)NCc1ccc(N2CCOC(C)C2)nc1.Cl. The third kappa shape index (κ3) is 5.49. The first-order valence-electron chi connectivity index (χ1n) is 6.92. The predicted octanol–water partition coefficient (Wildman–Crippen LogP) is 0.564. The molecule has 0 aliphatic carbocycles. The lowest BCUT2D eigenvalue weighted by molar-refractivity contribution is -0.120. The first-order valence-corrected chi connectivity index (χ1v) is 6.92. The molecule has 1 fully saturated rings. The Balaban J connectivity index is 0.00000220. The molecule has 1 aromatic heterocycles. The van der Waals surface area contributed by atoms with Crippen molar-refractivity contribution in [1.82, 2.24) is 15.6 Å². The van der Waals surface area contributed by atoms with Crippen molar-refractivity contribution >= 4 is 24.1 Å². The molecule has 1 unspecified atom stereocenters. The minimum Gasteiger partial charge on any atom is -0.375 e. The van der Waals surface area contributed by atoms with E-state index >= 15 is 0 Å². The van der Waals surface area contributed by atoms with Crippen molar-refractivity contribution in [3.63, 3.8) is 0 Å². The highest BCUT2D eigenvalue weighted by Gasteiger charge is 2.17. The van der Waals surface area contributed by atoms with Gasteiger partial charge in [-0.05, 0) is 25.6 Å². The molecule has 1 aromatic rings. The molecule has 1 amide bonds. The molecule has 1 aliphatic rings. The number of anilines is 1. The number of carbonyl (C=O) groups is 1. The van der Waals surface area contributed by atoms with Crippen molar-refractivity contribution in [2.24, 2.45) is 0 Å². The van der Waals surface area contributed by atoms with E-state index in [0.717, 1.165) is 31.1 Å². The van der Waals surface area contributed by atoms with E-state index in [9.17, 15) is 4.79 Å². The summed E-state index contributed by atoms with van der Waals surface area (Å²) in [5.74, 6) is 0.948. The van der Waals surface area contributed by atoms with Gasteiger partial charge in [0.1, 0.15) is 5.82 Å². The molecule has 7 heteroatoms. The van der Waals surface area contributed by atoms with Crippen molar-refractivity contribution in [2.45, 2.75) is 19.6 Å². The first-order chi connectivity index (χ1) is 9.69. The van der Waals surface area contributed by atoms with E-state index in [4.69, 9.17) is 4.74 Å². The summed E-state index contributed by atoms with van der Waals surface area (Å²) in [4.78, 5) is 18.0. The second kappa shape index (κ2) is 8.81. The van der Waals surface area contributed by atoms with Crippen molar-refractivity contribution in [3.05, 3.63) is 23.9 Å². The zero-order valence-electron chi connectivity index (χ0n) is 12.5. The summed E-state index contributed by atoms with van der Waals surface area (Å²) in [6.45, 7) is 5.38. The van der Waals surface area contributed by atoms with E-state index in [1.807, 2.05) is 18.3 Å². The molecule has 0 radical (unpaired) electrons. The van der Waals surface area contributed by atoms with Gasteiger partial charge in [0.05, 0.1) is 19.3 Å². The number of morpholine rings is 1. The van der Waals surface area contributed by atoms with Crippen LogP contribution in [0.2, 0.25) is 0 Å². The number of rotatable bonds is 5. The fourth-order valence-electron chi connectivity index (χ4n) is 2.16. The van der Waals surface area contributed by atoms with E-state index in [-0.39, 0.29) is 24.4 Å².